The summed E-state index contributed by atoms with van der Waals surface area (Å²) in [5, 5.41) is 9.00. The number of aliphatic hydroxyl groups is 1. The highest BCUT2D eigenvalue weighted by Crippen LogP contribution is 2.24. The molecule has 1 unspecified atom stereocenters. The minimum absolute atomic E-state index is 0.106. The van der Waals surface area contributed by atoms with Crippen molar-refractivity contribution in [3.8, 4) is 5.69 Å². The number of hydrogen-bond donors (Lipinski definition) is 1. The van der Waals surface area contributed by atoms with Crippen molar-refractivity contribution in [2.24, 2.45) is 0 Å². The monoisotopic (exact) mass is 298 g/mol. The number of amides is 1. The van der Waals surface area contributed by atoms with Crippen LogP contribution in [0.4, 0.5) is 0 Å². The van der Waals surface area contributed by atoms with Gasteiger partial charge in [-0.25, -0.2) is 0 Å². The molecule has 1 aliphatic rings. The van der Waals surface area contributed by atoms with Crippen molar-refractivity contribution in [3.63, 3.8) is 0 Å². The normalized spacial score (nSPS) is 17.9. The van der Waals surface area contributed by atoms with Crippen LogP contribution in [0.3, 0.4) is 0 Å². The van der Waals surface area contributed by atoms with Gasteiger partial charge in [0.25, 0.3) is 5.91 Å². The highest BCUT2D eigenvalue weighted by atomic mass is 16.3. The van der Waals surface area contributed by atoms with Crippen LogP contribution in [0, 0.1) is 0 Å². The zero-order valence-electron chi connectivity index (χ0n) is 12.7. The molecule has 3 rings (SSSR count). The molecule has 0 bridgehead atoms. The molecule has 1 amide bonds. The summed E-state index contributed by atoms with van der Waals surface area (Å²) < 4.78 is 2.00. The van der Waals surface area contributed by atoms with Gasteiger partial charge in [-0.05, 0) is 56.0 Å². The van der Waals surface area contributed by atoms with E-state index in [2.05, 4.69) is 0 Å². The van der Waals surface area contributed by atoms with Crippen molar-refractivity contribution in [1.29, 1.82) is 0 Å². The number of rotatable bonds is 5. The molecular formula is C18H22N2O2. The maximum absolute atomic E-state index is 12.8. The number of hydrogen-bond acceptors (Lipinski definition) is 2. The van der Waals surface area contributed by atoms with E-state index in [1.165, 1.54) is 0 Å². The van der Waals surface area contributed by atoms with Crippen molar-refractivity contribution in [2.75, 3.05) is 13.2 Å². The van der Waals surface area contributed by atoms with E-state index < -0.39 is 0 Å². The third-order valence-corrected chi connectivity index (χ3v) is 4.33. The average molecular weight is 298 g/mol. The van der Waals surface area contributed by atoms with Crippen molar-refractivity contribution >= 4 is 5.91 Å². The largest absolute Gasteiger partial charge is 0.396 e. The van der Waals surface area contributed by atoms with Crippen LogP contribution in [0.5, 0.6) is 0 Å². The smallest absolute Gasteiger partial charge is 0.254 e. The fourth-order valence-corrected chi connectivity index (χ4v) is 3.20. The van der Waals surface area contributed by atoms with E-state index >= 15 is 0 Å². The molecule has 1 aromatic heterocycles. The Morgan fingerprint density at radius 3 is 2.82 bits per heavy atom. The van der Waals surface area contributed by atoms with Gasteiger partial charge in [0.1, 0.15) is 0 Å². The lowest BCUT2D eigenvalue weighted by Crippen LogP contribution is -2.35. The number of likely N-dealkylation sites (tertiary alicyclic amines) is 1. The summed E-state index contributed by atoms with van der Waals surface area (Å²) in [6.45, 7) is 1.02. The molecule has 1 aliphatic heterocycles. The predicted octanol–water partition coefficient (Wildman–Crippen LogP) is 2.85. The molecule has 0 saturated carbocycles. The third kappa shape index (κ3) is 3.07. The number of aliphatic hydroxyl groups excluding tert-OH is 1. The van der Waals surface area contributed by atoms with Gasteiger partial charge in [-0.2, -0.15) is 0 Å². The van der Waals surface area contributed by atoms with Crippen molar-refractivity contribution in [2.45, 2.75) is 31.7 Å². The van der Waals surface area contributed by atoms with Crippen LogP contribution in [0.1, 0.15) is 36.0 Å². The molecule has 0 aliphatic carbocycles. The van der Waals surface area contributed by atoms with Crippen LogP contribution in [0.2, 0.25) is 0 Å². The predicted molar refractivity (Wildman–Crippen MR) is 86.1 cm³/mol. The summed E-state index contributed by atoms with van der Waals surface area (Å²) in [5.41, 5.74) is 1.74. The number of benzene rings is 1. The first-order valence-corrected chi connectivity index (χ1v) is 7.95. The Morgan fingerprint density at radius 1 is 1.23 bits per heavy atom. The summed E-state index contributed by atoms with van der Waals surface area (Å²) >= 11 is 0. The highest BCUT2D eigenvalue weighted by Gasteiger charge is 2.28. The van der Waals surface area contributed by atoms with E-state index in [0.29, 0.717) is 0 Å². The fourth-order valence-electron chi connectivity index (χ4n) is 3.20. The molecule has 4 heteroatoms. The molecule has 1 fully saturated rings. The van der Waals surface area contributed by atoms with E-state index in [9.17, 15) is 4.79 Å². The molecule has 0 radical (unpaired) electrons. The number of carbonyl (C=O) groups is 1. The van der Waals surface area contributed by atoms with Gasteiger partial charge in [0.15, 0.2) is 0 Å². The van der Waals surface area contributed by atoms with Crippen LogP contribution < -0.4 is 0 Å². The van der Waals surface area contributed by atoms with E-state index in [1.807, 2.05) is 58.3 Å². The van der Waals surface area contributed by atoms with E-state index in [0.717, 1.165) is 43.5 Å². The minimum Gasteiger partial charge on any atom is -0.396 e. The Hall–Kier alpha value is -2.07. The lowest BCUT2D eigenvalue weighted by atomic mass is 10.1. The van der Waals surface area contributed by atoms with Crippen LogP contribution in [-0.4, -0.2) is 39.7 Å². The second-order valence-corrected chi connectivity index (χ2v) is 5.80. The van der Waals surface area contributed by atoms with Crippen LogP contribution >= 0.6 is 0 Å². The van der Waals surface area contributed by atoms with Crippen molar-refractivity contribution in [3.05, 3.63) is 54.4 Å². The lowest BCUT2D eigenvalue weighted by Gasteiger charge is -2.25. The molecule has 1 saturated heterocycles. The molecule has 0 spiro atoms. The summed E-state index contributed by atoms with van der Waals surface area (Å²) in [4.78, 5) is 14.8. The fraction of sp³-hybridized carbons (Fsp3) is 0.389. The van der Waals surface area contributed by atoms with Gasteiger partial charge in [-0.1, -0.05) is 6.07 Å². The number of carbonyl (C=O) groups excluding carboxylic acids is 1. The Bertz CT molecular complexity index is 622. The molecule has 2 heterocycles. The van der Waals surface area contributed by atoms with Gasteiger partial charge >= 0.3 is 0 Å². The van der Waals surface area contributed by atoms with Crippen LogP contribution in [0.25, 0.3) is 5.69 Å². The zero-order valence-corrected chi connectivity index (χ0v) is 12.7. The van der Waals surface area contributed by atoms with E-state index in [4.69, 9.17) is 5.11 Å². The summed E-state index contributed by atoms with van der Waals surface area (Å²) in [6, 6.07) is 12.0. The maximum atomic E-state index is 12.8. The topological polar surface area (TPSA) is 45.5 Å². The van der Waals surface area contributed by atoms with Crippen LogP contribution in [0.15, 0.2) is 48.8 Å². The molecule has 4 nitrogen and oxygen atoms in total. The molecule has 1 aromatic carbocycles. The Labute approximate surface area is 131 Å². The first kappa shape index (κ1) is 14.9. The Balaban J connectivity index is 1.78. The molecule has 2 aromatic rings. The maximum Gasteiger partial charge on any atom is 0.254 e. The van der Waals surface area contributed by atoms with Crippen LogP contribution in [-0.2, 0) is 0 Å². The first-order valence-electron chi connectivity index (χ1n) is 7.95. The average Bonchev–Trinajstić information content (AvgIpc) is 3.23. The van der Waals surface area contributed by atoms with Gasteiger partial charge in [-0.15, -0.1) is 0 Å². The van der Waals surface area contributed by atoms with E-state index in [-0.39, 0.29) is 18.6 Å². The summed E-state index contributed by atoms with van der Waals surface area (Å²) in [7, 11) is 0. The van der Waals surface area contributed by atoms with E-state index in [1.54, 1.807) is 0 Å². The SMILES string of the molecule is O=C(c1cccc(-n2cccc2)c1)N1CCCC1CCCO. The highest BCUT2D eigenvalue weighted by molar-refractivity contribution is 5.95. The van der Waals surface area contributed by atoms with Crippen molar-refractivity contribution in [1.82, 2.24) is 9.47 Å². The molecule has 116 valence electrons. The van der Waals surface area contributed by atoms with Gasteiger partial charge in [0, 0.05) is 42.8 Å². The van der Waals surface area contributed by atoms with Gasteiger partial charge < -0.3 is 14.6 Å². The number of aromatic nitrogens is 1. The standard InChI is InChI=1S/C18H22N2O2/c21-13-5-9-16-8-4-12-20(16)18(22)15-6-3-7-17(14-15)19-10-1-2-11-19/h1-3,6-7,10-11,14,16,21H,4-5,8-9,12-13H2. The first-order chi connectivity index (χ1) is 10.8. The lowest BCUT2D eigenvalue weighted by molar-refractivity contribution is 0.0724. The minimum atomic E-state index is 0.106. The molecule has 1 atom stereocenters. The number of nitrogens with zero attached hydrogens (tertiary/aromatic N) is 2. The van der Waals surface area contributed by atoms with Gasteiger partial charge in [0.2, 0.25) is 0 Å². The Kier molecular flexibility index (Phi) is 4.59. The summed E-state index contributed by atoms with van der Waals surface area (Å²) in [5.74, 6) is 0.106. The Morgan fingerprint density at radius 2 is 2.05 bits per heavy atom. The van der Waals surface area contributed by atoms with Gasteiger partial charge in [0.05, 0.1) is 0 Å². The zero-order chi connectivity index (χ0) is 15.4. The molecular weight excluding hydrogens is 276 g/mol. The molecule has 1 N–H and O–H groups in total. The summed E-state index contributed by atoms with van der Waals surface area (Å²) in [6.07, 6.45) is 7.70. The third-order valence-electron chi connectivity index (χ3n) is 4.33. The van der Waals surface area contributed by atoms with Gasteiger partial charge in [-0.3, -0.25) is 4.79 Å². The quantitative estimate of drug-likeness (QED) is 0.922. The van der Waals surface area contributed by atoms with Crippen molar-refractivity contribution < 1.29 is 9.90 Å². The second kappa shape index (κ2) is 6.79. The second-order valence-electron chi connectivity index (χ2n) is 5.80. The molecule has 22 heavy (non-hydrogen) atoms.